The van der Waals surface area contributed by atoms with E-state index in [0.29, 0.717) is 51.8 Å². The molecular formula is C23H25NO5S2. The first-order valence-electron chi connectivity index (χ1n) is 9.77. The summed E-state index contributed by atoms with van der Waals surface area (Å²) in [6.45, 7) is 2.96. The molecule has 0 aliphatic carbocycles. The highest BCUT2D eigenvalue weighted by molar-refractivity contribution is 8.26. The number of thiocarbonyl (C=S) groups is 1. The van der Waals surface area contributed by atoms with Gasteiger partial charge in [-0.15, -0.1) is 0 Å². The third kappa shape index (κ3) is 5.32. The van der Waals surface area contributed by atoms with Crippen LogP contribution in [0.25, 0.3) is 6.08 Å². The molecule has 0 saturated carbocycles. The lowest BCUT2D eigenvalue weighted by molar-refractivity contribution is -0.122. The predicted molar refractivity (Wildman–Crippen MR) is 127 cm³/mol. The van der Waals surface area contributed by atoms with Crippen molar-refractivity contribution in [3.8, 4) is 23.0 Å². The number of methoxy groups -OCH3 is 3. The van der Waals surface area contributed by atoms with E-state index < -0.39 is 0 Å². The van der Waals surface area contributed by atoms with E-state index in [1.807, 2.05) is 49.4 Å². The van der Waals surface area contributed by atoms with Gasteiger partial charge in [-0.3, -0.25) is 9.69 Å². The molecule has 31 heavy (non-hydrogen) atoms. The molecule has 0 radical (unpaired) electrons. The highest BCUT2D eigenvalue weighted by Gasteiger charge is 2.31. The first kappa shape index (κ1) is 23.0. The summed E-state index contributed by atoms with van der Waals surface area (Å²) >= 11 is 6.76. The highest BCUT2D eigenvalue weighted by Crippen LogP contribution is 2.35. The summed E-state index contributed by atoms with van der Waals surface area (Å²) < 4.78 is 22.1. The fourth-order valence-electron chi connectivity index (χ4n) is 3.17. The van der Waals surface area contributed by atoms with Crippen molar-refractivity contribution in [2.24, 2.45) is 0 Å². The first-order chi connectivity index (χ1) is 15.0. The molecule has 1 aliphatic heterocycles. The Bertz CT molecular complexity index is 1010. The number of rotatable bonds is 9. The van der Waals surface area contributed by atoms with Crippen LogP contribution in [0.2, 0.25) is 0 Å². The molecule has 1 fully saturated rings. The van der Waals surface area contributed by atoms with Crippen LogP contribution < -0.4 is 18.9 Å². The third-order valence-corrected chi connectivity index (χ3v) is 6.11. The third-order valence-electron chi connectivity index (χ3n) is 4.73. The molecule has 0 unspecified atom stereocenters. The second kappa shape index (κ2) is 10.5. The van der Waals surface area contributed by atoms with Gasteiger partial charge in [-0.05, 0) is 54.8 Å². The Hall–Kier alpha value is -2.71. The molecular weight excluding hydrogens is 434 g/mol. The summed E-state index contributed by atoms with van der Waals surface area (Å²) in [7, 11) is 4.80. The van der Waals surface area contributed by atoms with E-state index in [9.17, 15) is 4.79 Å². The van der Waals surface area contributed by atoms with Crippen LogP contribution in [0.15, 0.2) is 41.3 Å². The molecule has 3 rings (SSSR count). The largest absolute Gasteiger partial charge is 0.493 e. The second-order valence-corrected chi connectivity index (χ2v) is 8.29. The van der Waals surface area contributed by atoms with Crippen molar-refractivity contribution in [3.63, 3.8) is 0 Å². The van der Waals surface area contributed by atoms with E-state index in [0.717, 1.165) is 11.1 Å². The molecule has 8 heteroatoms. The maximum absolute atomic E-state index is 12.9. The number of hydrogen-bond donors (Lipinski definition) is 0. The van der Waals surface area contributed by atoms with E-state index >= 15 is 0 Å². The smallest absolute Gasteiger partial charge is 0.266 e. The van der Waals surface area contributed by atoms with Crippen LogP contribution in [0.3, 0.4) is 0 Å². The summed E-state index contributed by atoms with van der Waals surface area (Å²) in [6.07, 6.45) is 2.48. The SMILES string of the molecule is CCOc1ccc(C=C2SC(=S)N(CCc3ccc(OC)c(OC)c3)C2=O)cc1OC. The Morgan fingerprint density at radius 1 is 0.968 bits per heavy atom. The van der Waals surface area contributed by atoms with Gasteiger partial charge in [0.05, 0.1) is 32.8 Å². The van der Waals surface area contributed by atoms with Gasteiger partial charge in [-0.1, -0.05) is 36.1 Å². The average Bonchev–Trinajstić information content (AvgIpc) is 3.05. The molecule has 1 heterocycles. The highest BCUT2D eigenvalue weighted by atomic mass is 32.2. The Balaban J connectivity index is 1.72. The maximum Gasteiger partial charge on any atom is 0.266 e. The van der Waals surface area contributed by atoms with Crippen LogP contribution in [-0.2, 0) is 11.2 Å². The van der Waals surface area contributed by atoms with Crippen molar-refractivity contribution in [3.05, 3.63) is 52.4 Å². The summed E-state index contributed by atoms with van der Waals surface area (Å²) in [4.78, 5) is 15.2. The van der Waals surface area contributed by atoms with Crippen LogP contribution in [-0.4, -0.2) is 49.6 Å². The Morgan fingerprint density at radius 3 is 2.32 bits per heavy atom. The van der Waals surface area contributed by atoms with E-state index in [-0.39, 0.29) is 5.91 Å². The zero-order valence-electron chi connectivity index (χ0n) is 18.0. The van der Waals surface area contributed by atoms with Crippen molar-refractivity contribution < 1.29 is 23.7 Å². The minimum absolute atomic E-state index is 0.0941. The minimum Gasteiger partial charge on any atom is -0.493 e. The normalized spacial score (nSPS) is 14.8. The van der Waals surface area contributed by atoms with E-state index in [4.69, 9.17) is 31.2 Å². The summed E-state index contributed by atoms with van der Waals surface area (Å²) in [5.41, 5.74) is 1.88. The van der Waals surface area contributed by atoms with Crippen LogP contribution in [0.4, 0.5) is 0 Å². The molecule has 164 valence electrons. The van der Waals surface area contributed by atoms with Gasteiger partial charge in [0.15, 0.2) is 23.0 Å². The second-order valence-electron chi connectivity index (χ2n) is 6.62. The number of nitrogens with zero attached hydrogens (tertiary/aromatic N) is 1. The van der Waals surface area contributed by atoms with Gasteiger partial charge in [-0.2, -0.15) is 0 Å². The minimum atomic E-state index is -0.0941. The van der Waals surface area contributed by atoms with Crippen LogP contribution in [0, 0.1) is 0 Å². The molecule has 0 N–H and O–H groups in total. The standard InChI is InChI=1S/C23H25NO5S2/c1-5-29-18-9-7-16(13-20(18)28-4)14-21-22(25)24(23(30)31-21)11-10-15-6-8-17(26-2)19(12-15)27-3/h6-9,12-14H,5,10-11H2,1-4H3. The van der Waals surface area contributed by atoms with Gasteiger partial charge in [0, 0.05) is 6.54 Å². The lowest BCUT2D eigenvalue weighted by Crippen LogP contribution is -2.30. The van der Waals surface area contributed by atoms with Crippen LogP contribution >= 0.6 is 24.0 Å². The fraction of sp³-hybridized carbons (Fsp3) is 0.304. The molecule has 0 atom stereocenters. The van der Waals surface area contributed by atoms with Gasteiger partial charge >= 0.3 is 0 Å². The predicted octanol–water partition coefficient (Wildman–Crippen LogP) is 4.56. The molecule has 0 spiro atoms. The number of carbonyl (C=O) groups excluding carboxylic acids is 1. The quantitative estimate of drug-likeness (QED) is 0.403. The molecule has 1 amide bonds. The van der Waals surface area contributed by atoms with Gasteiger partial charge in [0.1, 0.15) is 4.32 Å². The zero-order valence-corrected chi connectivity index (χ0v) is 19.6. The number of thioether (sulfide) groups is 1. The van der Waals surface area contributed by atoms with Crippen LogP contribution in [0.1, 0.15) is 18.1 Å². The van der Waals surface area contributed by atoms with Gasteiger partial charge in [0.25, 0.3) is 5.91 Å². The van der Waals surface area contributed by atoms with Gasteiger partial charge < -0.3 is 18.9 Å². The zero-order chi connectivity index (χ0) is 22.4. The first-order valence-corrected chi connectivity index (χ1v) is 11.0. The average molecular weight is 460 g/mol. The molecule has 2 aromatic rings. The summed E-state index contributed by atoms with van der Waals surface area (Å²) in [6, 6.07) is 11.3. The van der Waals surface area contributed by atoms with Gasteiger partial charge in [0.2, 0.25) is 0 Å². The number of amides is 1. The molecule has 6 nitrogen and oxygen atoms in total. The van der Waals surface area contributed by atoms with E-state index in [2.05, 4.69) is 0 Å². The molecule has 0 bridgehead atoms. The number of benzene rings is 2. The maximum atomic E-state index is 12.9. The lowest BCUT2D eigenvalue weighted by Gasteiger charge is -2.15. The van der Waals surface area contributed by atoms with Crippen LogP contribution in [0.5, 0.6) is 23.0 Å². The van der Waals surface area contributed by atoms with Crippen molar-refractivity contribution in [1.82, 2.24) is 4.90 Å². The number of ether oxygens (including phenoxy) is 4. The fourth-order valence-corrected chi connectivity index (χ4v) is 4.48. The van der Waals surface area contributed by atoms with E-state index in [1.54, 1.807) is 26.2 Å². The Kier molecular flexibility index (Phi) is 7.81. The lowest BCUT2D eigenvalue weighted by atomic mass is 10.1. The Labute approximate surface area is 192 Å². The number of carbonyl (C=O) groups is 1. The van der Waals surface area contributed by atoms with E-state index in [1.165, 1.54) is 11.8 Å². The topological polar surface area (TPSA) is 57.2 Å². The van der Waals surface area contributed by atoms with Crippen molar-refractivity contribution in [2.75, 3.05) is 34.5 Å². The monoisotopic (exact) mass is 459 g/mol. The molecule has 1 saturated heterocycles. The molecule has 2 aromatic carbocycles. The molecule has 0 aromatic heterocycles. The van der Waals surface area contributed by atoms with Crippen molar-refractivity contribution in [1.29, 1.82) is 0 Å². The molecule has 1 aliphatic rings. The Morgan fingerprint density at radius 2 is 1.65 bits per heavy atom. The number of hydrogen-bond acceptors (Lipinski definition) is 7. The summed E-state index contributed by atoms with van der Waals surface area (Å²) in [5.74, 6) is 2.53. The summed E-state index contributed by atoms with van der Waals surface area (Å²) in [5, 5.41) is 0. The van der Waals surface area contributed by atoms with Crippen molar-refractivity contribution >= 4 is 40.3 Å². The van der Waals surface area contributed by atoms with Gasteiger partial charge in [-0.25, -0.2) is 0 Å². The van der Waals surface area contributed by atoms with Crippen molar-refractivity contribution in [2.45, 2.75) is 13.3 Å².